The van der Waals surface area contributed by atoms with Gasteiger partial charge in [0.15, 0.2) is 6.04 Å². The molecule has 1 amide bonds. The number of piperazine rings is 1. The Morgan fingerprint density at radius 2 is 1.70 bits per heavy atom. The van der Waals surface area contributed by atoms with Gasteiger partial charge in [0, 0.05) is 14.1 Å². The predicted octanol–water partition coefficient (Wildman–Crippen LogP) is -0.639. The van der Waals surface area contributed by atoms with Crippen LogP contribution in [-0.2, 0) is 14.8 Å². The summed E-state index contributed by atoms with van der Waals surface area (Å²) in [6.07, 6.45) is 0. The van der Waals surface area contributed by atoms with Gasteiger partial charge in [-0.15, -0.1) is 0 Å². The molecule has 23 heavy (non-hydrogen) atoms. The second kappa shape index (κ2) is 6.98. The zero-order valence-corrected chi connectivity index (χ0v) is 15.1. The third-order valence-corrected chi connectivity index (χ3v) is 6.36. The van der Waals surface area contributed by atoms with Crippen molar-refractivity contribution in [3.63, 3.8) is 0 Å². The second-order valence-electron chi connectivity index (χ2n) is 6.33. The number of benzene rings is 1. The van der Waals surface area contributed by atoms with Gasteiger partial charge in [0.2, 0.25) is 10.0 Å². The van der Waals surface area contributed by atoms with Crippen molar-refractivity contribution in [3.05, 3.63) is 29.8 Å². The molecule has 1 fully saturated rings. The van der Waals surface area contributed by atoms with E-state index in [1.807, 2.05) is 26.0 Å². The van der Waals surface area contributed by atoms with Crippen LogP contribution in [0.3, 0.4) is 0 Å². The number of sulfonamides is 1. The van der Waals surface area contributed by atoms with Crippen LogP contribution in [0.25, 0.3) is 0 Å². The van der Waals surface area contributed by atoms with Gasteiger partial charge in [-0.1, -0.05) is 17.7 Å². The van der Waals surface area contributed by atoms with E-state index in [0.717, 1.165) is 10.5 Å². The molecule has 1 aromatic rings. The van der Waals surface area contributed by atoms with E-state index in [1.165, 1.54) is 4.31 Å². The normalized spacial score (nSPS) is 18.6. The highest BCUT2D eigenvalue weighted by molar-refractivity contribution is 7.89. The van der Waals surface area contributed by atoms with Gasteiger partial charge in [-0.3, -0.25) is 4.79 Å². The van der Waals surface area contributed by atoms with E-state index in [-0.39, 0.29) is 11.9 Å². The number of nitrogens with zero attached hydrogens (tertiary/aromatic N) is 2. The maximum absolute atomic E-state index is 12.7. The van der Waals surface area contributed by atoms with Gasteiger partial charge < -0.3 is 9.80 Å². The van der Waals surface area contributed by atoms with Crippen molar-refractivity contribution in [1.82, 2.24) is 9.21 Å². The van der Waals surface area contributed by atoms with E-state index < -0.39 is 10.0 Å². The Labute approximate surface area is 138 Å². The molecule has 0 aliphatic carbocycles. The summed E-state index contributed by atoms with van der Waals surface area (Å²) in [4.78, 5) is 15.1. The number of quaternary nitrogens is 1. The molecule has 0 spiro atoms. The standard InChI is InChI=1S/C16H25N3O3S/c1-13-5-7-15(8-6-13)23(21,22)19-11-9-18(10-12-19)14(2)16(20)17(3)4/h5-8,14H,9-12H2,1-4H3/p+1/t14-/m0/s1. The van der Waals surface area contributed by atoms with Crippen LogP contribution in [0.4, 0.5) is 0 Å². The highest BCUT2D eigenvalue weighted by Crippen LogP contribution is 2.16. The molecule has 1 atom stereocenters. The van der Waals surface area contributed by atoms with E-state index >= 15 is 0 Å². The van der Waals surface area contributed by atoms with Crippen LogP contribution in [0.5, 0.6) is 0 Å². The fourth-order valence-corrected chi connectivity index (χ4v) is 4.31. The van der Waals surface area contributed by atoms with E-state index in [4.69, 9.17) is 0 Å². The molecule has 128 valence electrons. The van der Waals surface area contributed by atoms with Gasteiger partial charge >= 0.3 is 0 Å². The number of carbonyl (C=O) groups is 1. The lowest BCUT2D eigenvalue weighted by molar-refractivity contribution is -0.917. The number of likely N-dealkylation sites (N-methyl/N-ethyl adjacent to an activating group) is 1. The van der Waals surface area contributed by atoms with Crippen LogP contribution < -0.4 is 4.90 Å². The third-order valence-electron chi connectivity index (χ3n) is 4.45. The van der Waals surface area contributed by atoms with E-state index in [0.29, 0.717) is 31.1 Å². The van der Waals surface area contributed by atoms with Gasteiger partial charge in [0.05, 0.1) is 31.1 Å². The molecule has 1 aliphatic heterocycles. The Hall–Kier alpha value is -1.44. The van der Waals surface area contributed by atoms with Crippen molar-refractivity contribution in [1.29, 1.82) is 0 Å². The van der Waals surface area contributed by atoms with E-state index in [9.17, 15) is 13.2 Å². The molecule has 0 aromatic heterocycles. The first-order valence-corrected chi connectivity index (χ1v) is 9.30. The Morgan fingerprint density at radius 3 is 2.17 bits per heavy atom. The Balaban J connectivity index is 2.04. The molecule has 2 rings (SSSR count). The summed E-state index contributed by atoms with van der Waals surface area (Å²) < 4.78 is 26.8. The van der Waals surface area contributed by atoms with Crippen molar-refractivity contribution in [2.24, 2.45) is 0 Å². The van der Waals surface area contributed by atoms with E-state index in [1.54, 1.807) is 31.1 Å². The molecular formula is C16H26N3O3S+. The molecule has 6 nitrogen and oxygen atoms in total. The van der Waals surface area contributed by atoms with Crippen molar-refractivity contribution >= 4 is 15.9 Å². The maximum atomic E-state index is 12.7. The maximum Gasteiger partial charge on any atom is 0.280 e. The average molecular weight is 340 g/mol. The smallest absolute Gasteiger partial charge is 0.280 e. The summed E-state index contributed by atoms with van der Waals surface area (Å²) in [6, 6.07) is 6.79. The lowest BCUT2D eigenvalue weighted by Crippen LogP contribution is -3.19. The summed E-state index contributed by atoms with van der Waals surface area (Å²) in [6.45, 7) is 6.01. The van der Waals surface area contributed by atoms with Crippen LogP contribution in [-0.4, -0.2) is 69.8 Å². The number of hydrogen-bond donors (Lipinski definition) is 1. The van der Waals surface area contributed by atoms with Gasteiger partial charge in [0.25, 0.3) is 5.91 Å². The predicted molar refractivity (Wildman–Crippen MR) is 88.8 cm³/mol. The topological polar surface area (TPSA) is 62.1 Å². The second-order valence-corrected chi connectivity index (χ2v) is 8.27. The first-order chi connectivity index (χ1) is 10.7. The van der Waals surface area contributed by atoms with Gasteiger partial charge in [-0.05, 0) is 26.0 Å². The number of nitrogens with one attached hydrogen (secondary N) is 1. The van der Waals surface area contributed by atoms with Crippen LogP contribution in [0.15, 0.2) is 29.2 Å². The minimum Gasteiger partial charge on any atom is -0.344 e. The molecule has 1 saturated heterocycles. The zero-order valence-electron chi connectivity index (χ0n) is 14.2. The number of aryl methyl sites for hydroxylation is 1. The first-order valence-electron chi connectivity index (χ1n) is 7.86. The van der Waals surface area contributed by atoms with Crippen molar-refractivity contribution in [2.75, 3.05) is 40.3 Å². The van der Waals surface area contributed by atoms with Gasteiger partial charge in [-0.25, -0.2) is 8.42 Å². The SMILES string of the molecule is Cc1ccc(S(=O)(=O)N2CC[NH+]([C@@H](C)C(=O)N(C)C)CC2)cc1. The Bertz CT molecular complexity index is 648. The molecule has 0 radical (unpaired) electrons. The molecule has 1 aromatic carbocycles. The number of amides is 1. The zero-order chi connectivity index (χ0) is 17.2. The average Bonchev–Trinajstić information content (AvgIpc) is 2.54. The van der Waals surface area contributed by atoms with Crippen molar-refractivity contribution in [3.8, 4) is 0 Å². The van der Waals surface area contributed by atoms with Gasteiger partial charge in [-0.2, -0.15) is 4.31 Å². The van der Waals surface area contributed by atoms with Crippen LogP contribution >= 0.6 is 0 Å². The van der Waals surface area contributed by atoms with Crippen molar-refractivity contribution < 1.29 is 18.1 Å². The quantitative estimate of drug-likeness (QED) is 0.793. The fraction of sp³-hybridized carbons (Fsp3) is 0.562. The molecular weight excluding hydrogens is 314 g/mol. The molecule has 0 saturated carbocycles. The van der Waals surface area contributed by atoms with E-state index in [2.05, 4.69) is 0 Å². The van der Waals surface area contributed by atoms with Crippen molar-refractivity contribution in [2.45, 2.75) is 24.8 Å². The first kappa shape index (κ1) is 17.9. The molecule has 1 N–H and O–H groups in total. The van der Waals surface area contributed by atoms with Crippen LogP contribution in [0.1, 0.15) is 12.5 Å². The Morgan fingerprint density at radius 1 is 1.17 bits per heavy atom. The number of hydrogen-bond acceptors (Lipinski definition) is 3. The molecule has 1 heterocycles. The number of rotatable bonds is 4. The monoisotopic (exact) mass is 340 g/mol. The summed E-state index contributed by atoms with van der Waals surface area (Å²) in [7, 11) is 0.0530. The lowest BCUT2D eigenvalue weighted by Gasteiger charge is -2.34. The fourth-order valence-electron chi connectivity index (χ4n) is 2.87. The minimum atomic E-state index is -3.44. The largest absolute Gasteiger partial charge is 0.344 e. The third kappa shape index (κ3) is 3.91. The van der Waals surface area contributed by atoms with Crippen LogP contribution in [0.2, 0.25) is 0 Å². The highest BCUT2D eigenvalue weighted by atomic mass is 32.2. The molecule has 0 unspecified atom stereocenters. The molecule has 7 heteroatoms. The summed E-state index contributed by atoms with van der Waals surface area (Å²) in [5.41, 5.74) is 1.04. The molecule has 1 aliphatic rings. The summed E-state index contributed by atoms with van der Waals surface area (Å²) in [5.74, 6) is 0.0786. The lowest BCUT2D eigenvalue weighted by atomic mass is 10.2. The number of carbonyl (C=O) groups excluding carboxylic acids is 1. The van der Waals surface area contributed by atoms with Gasteiger partial charge in [0.1, 0.15) is 0 Å². The minimum absolute atomic E-state index is 0.0786. The molecule has 0 bridgehead atoms. The highest BCUT2D eigenvalue weighted by Gasteiger charge is 2.34. The summed E-state index contributed by atoms with van der Waals surface area (Å²) in [5, 5.41) is 0. The summed E-state index contributed by atoms with van der Waals surface area (Å²) >= 11 is 0. The Kier molecular flexibility index (Phi) is 5.44. The van der Waals surface area contributed by atoms with Crippen LogP contribution in [0, 0.1) is 6.92 Å².